The third-order valence-electron chi connectivity index (χ3n) is 5.59. The molecule has 1 amide bonds. The number of nitrogens with one attached hydrogen (secondary N) is 5. The van der Waals surface area contributed by atoms with E-state index in [0.29, 0.717) is 0 Å². The number of carbonyl (C=O) groups excluding carboxylic acids is 6. The SMILES string of the molecule is CN[C@@H](CO)C(=O)C(=O)[C@@H](NC)[C@@H](C)O.CN[C@@H](CO)C(=O)C(=O)[C@@H](NCN[C@@H](CC(N)=O)C(C)=O)[C@@H](C)O. The second-order valence-electron chi connectivity index (χ2n) is 8.65. The Morgan fingerprint density at radius 3 is 1.36 bits per heavy atom. The number of carbonyl (C=O) groups is 6. The predicted molar refractivity (Wildman–Crippen MR) is 139 cm³/mol. The second kappa shape index (κ2) is 20.4. The van der Waals surface area contributed by atoms with E-state index in [9.17, 15) is 39.0 Å². The Balaban J connectivity index is 0. The smallest absolute Gasteiger partial charge is 0.219 e. The highest BCUT2D eigenvalue weighted by Crippen LogP contribution is 2.00. The molecule has 0 aliphatic rings. The number of hydrogen-bond donors (Lipinski definition) is 10. The molecule has 0 unspecified atom stereocenters. The Hall–Kier alpha value is -2.54. The molecule has 0 saturated heterocycles. The summed E-state index contributed by atoms with van der Waals surface area (Å²) in [4.78, 5) is 69.4. The number of amides is 1. The summed E-state index contributed by atoms with van der Waals surface area (Å²) >= 11 is 0. The largest absolute Gasteiger partial charge is 0.394 e. The summed E-state index contributed by atoms with van der Waals surface area (Å²) in [6, 6.07) is -4.97. The van der Waals surface area contributed by atoms with Gasteiger partial charge in [0.25, 0.3) is 0 Å². The first-order valence-corrected chi connectivity index (χ1v) is 12.2. The molecule has 7 atom stereocenters. The Labute approximate surface area is 227 Å². The van der Waals surface area contributed by atoms with Crippen molar-refractivity contribution in [2.24, 2.45) is 5.73 Å². The Kier molecular flexibility index (Phi) is 20.2. The number of aliphatic hydroxyl groups is 4. The zero-order valence-electron chi connectivity index (χ0n) is 23.2. The van der Waals surface area contributed by atoms with Crippen LogP contribution in [0, 0.1) is 0 Å². The third kappa shape index (κ3) is 13.9. The Morgan fingerprint density at radius 2 is 1.08 bits per heavy atom. The highest BCUT2D eigenvalue weighted by molar-refractivity contribution is 6.41. The first kappa shape index (κ1) is 38.6. The number of aliphatic hydroxyl groups excluding tert-OH is 4. The summed E-state index contributed by atoms with van der Waals surface area (Å²) in [5.41, 5.74) is 5.04. The molecular formula is C23H44N6O10. The van der Waals surface area contributed by atoms with E-state index in [2.05, 4.69) is 26.6 Å². The lowest BCUT2D eigenvalue weighted by molar-refractivity contribution is -0.141. The number of Topliss-reactive ketones (excluding diaryl/α,β-unsaturated/α-hetero) is 5. The lowest BCUT2D eigenvalue weighted by Crippen LogP contribution is -2.55. The van der Waals surface area contributed by atoms with Crippen LogP contribution < -0.4 is 32.3 Å². The van der Waals surface area contributed by atoms with Crippen LogP contribution in [0.1, 0.15) is 27.2 Å². The van der Waals surface area contributed by atoms with Gasteiger partial charge in [0.2, 0.25) is 29.0 Å². The van der Waals surface area contributed by atoms with Crippen LogP contribution in [0.4, 0.5) is 0 Å². The molecule has 0 aliphatic heterocycles. The summed E-state index contributed by atoms with van der Waals surface area (Å²) < 4.78 is 0. The van der Waals surface area contributed by atoms with E-state index >= 15 is 0 Å². The van der Waals surface area contributed by atoms with E-state index in [1.807, 2.05) is 0 Å². The quantitative estimate of drug-likeness (QED) is 0.0487. The van der Waals surface area contributed by atoms with Crippen LogP contribution in [-0.2, 0) is 28.8 Å². The molecule has 0 aliphatic carbocycles. The summed E-state index contributed by atoms with van der Waals surface area (Å²) in [5, 5.41) is 49.7. The van der Waals surface area contributed by atoms with Gasteiger partial charge in [0, 0.05) is 13.1 Å². The molecule has 0 aromatic heterocycles. The molecule has 0 aromatic carbocycles. The lowest BCUT2D eigenvalue weighted by atomic mass is 10.00. The van der Waals surface area contributed by atoms with Crippen molar-refractivity contribution in [2.45, 2.75) is 69.6 Å². The van der Waals surface area contributed by atoms with Gasteiger partial charge in [-0.3, -0.25) is 39.4 Å². The van der Waals surface area contributed by atoms with Crippen LogP contribution in [-0.4, -0.2) is 139 Å². The maximum Gasteiger partial charge on any atom is 0.219 e. The van der Waals surface area contributed by atoms with Gasteiger partial charge < -0.3 is 42.1 Å². The van der Waals surface area contributed by atoms with Gasteiger partial charge in [-0.2, -0.15) is 0 Å². The lowest BCUT2D eigenvalue weighted by Gasteiger charge is -2.23. The van der Waals surface area contributed by atoms with Crippen molar-refractivity contribution in [3.05, 3.63) is 0 Å². The minimum Gasteiger partial charge on any atom is -0.394 e. The van der Waals surface area contributed by atoms with Gasteiger partial charge in [0.1, 0.15) is 11.8 Å². The number of primary amides is 1. The van der Waals surface area contributed by atoms with Gasteiger partial charge in [-0.25, -0.2) is 0 Å². The fourth-order valence-corrected chi connectivity index (χ4v) is 3.19. The molecule has 0 aromatic rings. The van der Waals surface area contributed by atoms with Gasteiger partial charge in [0.05, 0.1) is 49.6 Å². The van der Waals surface area contributed by atoms with Crippen molar-refractivity contribution in [1.29, 1.82) is 0 Å². The average Bonchev–Trinajstić information content (AvgIpc) is 2.86. The molecule has 0 fully saturated rings. The Bertz CT molecular complexity index is 815. The summed E-state index contributed by atoms with van der Waals surface area (Å²) in [5.74, 6) is -4.24. The maximum atomic E-state index is 12.1. The molecule has 226 valence electrons. The molecule has 0 saturated carbocycles. The van der Waals surface area contributed by atoms with Crippen LogP contribution in [0.5, 0.6) is 0 Å². The van der Waals surface area contributed by atoms with Gasteiger partial charge in [0.15, 0.2) is 0 Å². The first-order chi connectivity index (χ1) is 18.1. The monoisotopic (exact) mass is 564 g/mol. The van der Waals surface area contributed by atoms with Crippen LogP contribution in [0.25, 0.3) is 0 Å². The van der Waals surface area contributed by atoms with Crippen molar-refractivity contribution in [1.82, 2.24) is 26.6 Å². The normalized spacial score (nSPS) is 16.4. The number of likely N-dealkylation sites (N-methyl/N-ethyl adjacent to an activating group) is 3. The van der Waals surface area contributed by atoms with Crippen LogP contribution in [0.3, 0.4) is 0 Å². The van der Waals surface area contributed by atoms with Crippen molar-refractivity contribution >= 4 is 34.8 Å². The maximum absolute atomic E-state index is 12.1. The van der Waals surface area contributed by atoms with E-state index in [4.69, 9.17) is 15.9 Å². The number of nitrogens with two attached hydrogens (primary N) is 1. The highest BCUT2D eigenvalue weighted by atomic mass is 16.3. The third-order valence-corrected chi connectivity index (χ3v) is 5.59. The minimum atomic E-state index is -1.23. The number of rotatable bonds is 20. The zero-order valence-corrected chi connectivity index (χ0v) is 23.2. The molecule has 0 heterocycles. The van der Waals surface area contributed by atoms with Crippen LogP contribution in [0.2, 0.25) is 0 Å². The van der Waals surface area contributed by atoms with Gasteiger partial charge >= 0.3 is 0 Å². The van der Waals surface area contributed by atoms with Crippen LogP contribution >= 0.6 is 0 Å². The fraction of sp³-hybridized carbons (Fsp3) is 0.739. The summed E-state index contributed by atoms with van der Waals surface area (Å²) in [7, 11) is 4.37. The average molecular weight is 565 g/mol. The first-order valence-electron chi connectivity index (χ1n) is 12.2. The molecule has 0 spiro atoms. The van der Waals surface area contributed by atoms with Crippen molar-refractivity contribution in [2.75, 3.05) is 41.0 Å². The second-order valence-corrected chi connectivity index (χ2v) is 8.65. The van der Waals surface area contributed by atoms with E-state index in [1.165, 1.54) is 41.9 Å². The fourth-order valence-electron chi connectivity index (χ4n) is 3.19. The van der Waals surface area contributed by atoms with Crippen molar-refractivity contribution in [3.8, 4) is 0 Å². The molecule has 0 bridgehead atoms. The molecule has 16 heteroatoms. The van der Waals surface area contributed by atoms with E-state index in [0.717, 1.165) is 0 Å². The standard InChI is InChI=1S/C14H26N4O6.C9H18N2O4/c1-7(20)9(4-11(15)22)17-6-18-12(8(2)21)14(24)13(23)10(5-19)16-3;1-5(13)7(11-3)9(15)8(14)6(4-12)10-2/h8-10,12,16-19,21H,4-6H2,1-3H3,(H2,15,22);5-7,10-13H,4H2,1-3H3/t8-,9+,10+,12+;5-,6+,7+/m11/s1. The van der Waals surface area contributed by atoms with Gasteiger partial charge in [-0.15, -0.1) is 0 Å². The minimum absolute atomic E-state index is 0.116. The van der Waals surface area contributed by atoms with E-state index < -0.39 is 84.7 Å². The Morgan fingerprint density at radius 1 is 0.667 bits per heavy atom. The summed E-state index contributed by atoms with van der Waals surface area (Å²) in [6.45, 7) is 2.89. The molecular weight excluding hydrogens is 520 g/mol. The molecule has 0 rings (SSSR count). The number of ketones is 5. The van der Waals surface area contributed by atoms with Gasteiger partial charge in [-0.05, 0) is 41.9 Å². The van der Waals surface area contributed by atoms with E-state index in [-0.39, 0.29) is 18.9 Å². The van der Waals surface area contributed by atoms with Gasteiger partial charge in [-0.1, -0.05) is 0 Å². The molecule has 11 N–H and O–H groups in total. The van der Waals surface area contributed by atoms with Crippen molar-refractivity contribution < 1.29 is 49.2 Å². The topological polar surface area (TPSA) is 270 Å². The van der Waals surface area contributed by atoms with Crippen LogP contribution in [0.15, 0.2) is 0 Å². The predicted octanol–water partition coefficient (Wildman–Crippen LogP) is -5.90. The zero-order chi connectivity index (χ0) is 30.9. The molecule has 39 heavy (non-hydrogen) atoms. The molecule has 0 radical (unpaired) electrons. The molecule has 16 nitrogen and oxygen atoms in total. The number of hydrogen-bond acceptors (Lipinski definition) is 15. The highest BCUT2D eigenvalue weighted by Gasteiger charge is 2.33. The van der Waals surface area contributed by atoms with E-state index in [1.54, 1.807) is 0 Å². The summed E-state index contributed by atoms with van der Waals surface area (Å²) in [6.07, 6.45) is -2.36. The van der Waals surface area contributed by atoms with Crippen molar-refractivity contribution in [3.63, 3.8) is 0 Å².